The molecule has 0 aliphatic carbocycles. The van der Waals surface area contributed by atoms with Gasteiger partial charge in [-0.2, -0.15) is 0 Å². The molecule has 0 aromatic rings. The maximum absolute atomic E-state index is 10.0. The molecular weight excluding hydrogens is 503 g/mol. The Labute approximate surface area is 221 Å². The first kappa shape index (κ1) is 42.4. The number of aliphatic carboxylic acids is 3. The number of unbranched alkanes of at least 4 members (excludes halogenated alkanes) is 12. The molecule has 7 nitrogen and oxygen atoms in total. The number of carboxylic acids is 3. The molecule has 8 heteroatoms. The SMILES string of the molecule is CCCCCCCC(=O)O.CCCCCCCC(=O)O.CCCCCCCC(=O)O.CO.[Zr]. The van der Waals surface area contributed by atoms with Crippen molar-refractivity contribution in [3.05, 3.63) is 0 Å². The quantitative estimate of drug-likeness (QED) is 0.135. The third kappa shape index (κ3) is 65.2. The molecule has 0 saturated carbocycles. The van der Waals surface area contributed by atoms with Crippen molar-refractivity contribution in [3.63, 3.8) is 0 Å². The van der Waals surface area contributed by atoms with Gasteiger partial charge >= 0.3 is 17.9 Å². The summed E-state index contributed by atoms with van der Waals surface area (Å²) in [5, 5.41) is 31.8. The second kappa shape index (κ2) is 41.5. The summed E-state index contributed by atoms with van der Waals surface area (Å²) in [5.74, 6) is -2.01. The third-order valence-electron chi connectivity index (χ3n) is 4.48. The molecule has 0 amide bonds. The van der Waals surface area contributed by atoms with Gasteiger partial charge < -0.3 is 20.4 Å². The van der Waals surface area contributed by atoms with Crippen LogP contribution < -0.4 is 0 Å². The van der Waals surface area contributed by atoms with Crippen molar-refractivity contribution < 1.29 is 61.0 Å². The smallest absolute Gasteiger partial charge is 0.303 e. The van der Waals surface area contributed by atoms with Crippen molar-refractivity contribution in [3.8, 4) is 0 Å². The van der Waals surface area contributed by atoms with E-state index in [0.29, 0.717) is 19.3 Å². The van der Waals surface area contributed by atoms with Gasteiger partial charge in [0.25, 0.3) is 0 Å². The Morgan fingerprint density at radius 1 is 0.424 bits per heavy atom. The Morgan fingerprint density at radius 2 is 0.606 bits per heavy atom. The number of carbonyl (C=O) groups is 3. The predicted molar refractivity (Wildman–Crippen MR) is 131 cm³/mol. The zero-order chi connectivity index (χ0) is 25.5. The first-order valence-corrected chi connectivity index (χ1v) is 12.4. The van der Waals surface area contributed by atoms with E-state index < -0.39 is 17.9 Å². The average Bonchev–Trinajstić information content (AvgIpc) is 2.75. The molecule has 0 aromatic heterocycles. The summed E-state index contributed by atoms with van der Waals surface area (Å²) in [7, 11) is 1.00. The first-order chi connectivity index (χ1) is 15.3. The zero-order valence-electron chi connectivity index (χ0n) is 21.7. The molecule has 33 heavy (non-hydrogen) atoms. The summed E-state index contributed by atoms with van der Waals surface area (Å²) in [5.41, 5.74) is 0. The van der Waals surface area contributed by atoms with Gasteiger partial charge in [0, 0.05) is 52.6 Å². The Bertz CT molecular complexity index is 334. The largest absolute Gasteiger partial charge is 0.481 e. The van der Waals surface area contributed by atoms with E-state index in [1.165, 1.54) is 57.8 Å². The van der Waals surface area contributed by atoms with Gasteiger partial charge in [0.1, 0.15) is 0 Å². The van der Waals surface area contributed by atoms with Crippen molar-refractivity contribution in [2.24, 2.45) is 0 Å². The minimum Gasteiger partial charge on any atom is -0.481 e. The molecular formula is C25H52O7Zr. The maximum atomic E-state index is 10.0. The standard InChI is InChI=1S/3C8H16O2.CH4O.Zr/c3*1-2-3-4-5-6-7-8(9)10;1-2;/h3*2-7H2,1H3,(H,9,10);2H,1H3;. The van der Waals surface area contributed by atoms with Crippen LogP contribution in [0.15, 0.2) is 0 Å². The van der Waals surface area contributed by atoms with Crippen molar-refractivity contribution >= 4 is 17.9 Å². The van der Waals surface area contributed by atoms with Crippen LogP contribution in [-0.2, 0) is 40.6 Å². The third-order valence-corrected chi connectivity index (χ3v) is 4.48. The van der Waals surface area contributed by atoms with E-state index in [4.69, 9.17) is 20.4 Å². The van der Waals surface area contributed by atoms with Gasteiger partial charge in [0.2, 0.25) is 0 Å². The Hall–Kier alpha value is -0.747. The molecule has 0 atom stereocenters. The van der Waals surface area contributed by atoms with Gasteiger partial charge in [-0.25, -0.2) is 0 Å². The topological polar surface area (TPSA) is 132 Å². The van der Waals surface area contributed by atoms with Gasteiger partial charge in [-0.3, -0.25) is 14.4 Å². The molecule has 0 saturated heterocycles. The zero-order valence-corrected chi connectivity index (χ0v) is 24.2. The van der Waals surface area contributed by atoms with E-state index in [1.807, 2.05) is 0 Å². The van der Waals surface area contributed by atoms with E-state index in [2.05, 4.69) is 20.8 Å². The number of hydrogen-bond acceptors (Lipinski definition) is 4. The average molecular weight is 556 g/mol. The molecule has 0 spiro atoms. The Kier molecular flexibility index (Phi) is 53.3. The van der Waals surface area contributed by atoms with Crippen LogP contribution in [0.4, 0.5) is 0 Å². The van der Waals surface area contributed by atoms with Crippen LogP contribution in [-0.4, -0.2) is 45.4 Å². The normalized spacial score (nSPS) is 9.00. The number of rotatable bonds is 18. The monoisotopic (exact) mass is 554 g/mol. The Balaban J connectivity index is -0.000000113. The summed E-state index contributed by atoms with van der Waals surface area (Å²) in [6.07, 6.45) is 17.7. The van der Waals surface area contributed by atoms with Gasteiger partial charge in [0.15, 0.2) is 0 Å². The first-order valence-electron chi connectivity index (χ1n) is 12.4. The molecule has 0 heterocycles. The molecule has 0 unspecified atom stereocenters. The molecule has 0 aliphatic heterocycles. The second-order valence-corrected chi connectivity index (χ2v) is 7.67. The number of aliphatic hydroxyl groups excluding tert-OH is 1. The fourth-order valence-corrected chi connectivity index (χ4v) is 2.64. The van der Waals surface area contributed by atoms with Gasteiger partial charge in [-0.1, -0.05) is 97.8 Å². The molecule has 0 bridgehead atoms. The number of carboxylic acid groups (broad SMARTS) is 3. The van der Waals surface area contributed by atoms with E-state index in [0.717, 1.165) is 45.6 Å². The summed E-state index contributed by atoms with van der Waals surface area (Å²) in [4.78, 5) is 30.1. The van der Waals surface area contributed by atoms with Gasteiger partial charge in [-0.15, -0.1) is 0 Å². The molecule has 198 valence electrons. The fraction of sp³-hybridized carbons (Fsp3) is 0.880. The molecule has 0 fully saturated rings. The summed E-state index contributed by atoms with van der Waals surface area (Å²) in [6, 6.07) is 0. The predicted octanol–water partition coefficient (Wildman–Crippen LogP) is 6.90. The summed E-state index contributed by atoms with van der Waals surface area (Å²) in [6.45, 7) is 6.45. The number of aliphatic hydroxyl groups is 1. The molecule has 0 aromatic carbocycles. The molecule has 0 aliphatic rings. The van der Waals surface area contributed by atoms with Crippen molar-refractivity contribution in [2.45, 2.75) is 136 Å². The summed E-state index contributed by atoms with van der Waals surface area (Å²) < 4.78 is 0. The van der Waals surface area contributed by atoms with E-state index in [-0.39, 0.29) is 26.2 Å². The van der Waals surface area contributed by atoms with E-state index >= 15 is 0 Å². The minimum atomic E-state index is -0.670. The van der Waals surface area contributed by atoms with Crippen LogP contribution in [0.3, 0.4) is 0 Å². The molecule has 0 rings (SSSR count). The van der Waals surface area contributed by atoms with Crippen molar-refractivity contribution in [2.75, 3.05) is 7.11 Å². The fourth-order valence-electron chi connectivity index (χ4n) is 2.64. The van der Waals surface area contributed by atoms with E-state index in [9.17, 15) is 14.4 Å². The van der Waals surface area contributed by atoms with Crippen molar-refractivity contribution in [1.29, 1.82) is 0 Å². The van der Waals surface area contributed by atoms with Crippen LogP contribution >= 0.6 is 0 Å². The van der Waals surface area contributed by atoms with E-state index in [1.54, 1.807) is 0 Å². The van der Waals surface area contributed by atoms with Crippen molar-refractivity contribution in [1.82, 2.24) is 0 Å². The maximum Gasteiger partial charge on any atom is 0.303 e. The number of hydrogen-bond donors (Lipinski definition) is 4. The Morgan fingerprint density at radius 3 is 0.758 bits per heavy atom. The van der Waals surface area contributed by atoms with Crippen LogP contribution in [0.1, 0.15) is 136 Å². The van der Waals surface area contributed by atoms with Crippen LogP contribution in [0.2, 0.25) is 0 Å². The molecule has 0 radical (unpaired) electrons. The van der Waals surface area contributed by atoms with Gasteiger partial charge in [0.05, 0.1) is 0 Å². The minimum absolute atomic E-state index is 0. The second-order valence-electron chi connectivity index (χ2n) is 7.67. The van der Waals surface area contributed by atoms with Crippen LogP contribution in [0.25, 0.3) is 0 Å². The van der Waals surface area contributed by atoms with Gasteiger partial charge in [-0.05, 0) is 19.3 Å². The summed E-state index contributed by atoms with van der Waals surface area (Å²) >= 11 is 0. The van der Waals surface area contributed by atoms with Crippen LogP contribution in [0.5, 0.6) is 0 Å². The molecule has 4 N–H and O–H groups in total. The van der Waals surface area contributed by atoms with Crippen LogP contribution in [0, 0.1) is 0 Å².